The third-order valence-electron chi connectivity index (χ3n) is 5.08. The van der Waals surface area contributed by atoms with E-state index in [1.807, 2.05) is 47.9 Å². The molecule has 0 aliphatic rings. The number of aryl methyl sites for hydroxylation is 2. The number of nitrogens with zero attached hydrogens (tertiary/aromatic N) is 4. The second kappa shape index (κ2) is 8.49. The van der Waals surface area contributed by atoms with Crippen LogP contribution in [0.3, 0.4) is 0 Å². The third kappa shape index (κ3) is 4.40. The molecular weight excluding hydrogens is 378 g/mol. The molecule has 7 heteroatoms. The monoisotopic (exact) mass is 403 g/mol. The van der Waals surface area contributed by atoms with Gasteiger partial charge in [0.2, 0.25) is 17.6 Å². The van der Waals surface area contributed by atoms with Gasteiger partial charge in [0.05, 0.1) is 12.2 Å². The molecule has 0 unspecified atom stereocenters. The number of carbonyl (C=O) groups is 1. The molecule has 3 aromatic heterocycles. The van der Waals surface area contributed by atoms with Gasteiger partial charge in [-0.05, 0) is 30.5 Å². The van der Waals surface area contributed by atoms with Gasteiger partial charge in [-0.25, -0.2) is 4.98 Å². The Bertz CT molecular complexity index is 1160. The van der Waals surface area contributed by atoms with Crippen LogP contribution >= 0.6 is 0 Å². The summed E-state index contributed by atoms with van der Waals surface area (Å²) in [6, 6.07) is 14.1. The highest BCUT2D eigenvalue weighted by molar-refractivity contribution is 5.76. The van der Waals surface area contributed by atoms with Crippen LogP contribution in [-0.2, 0) is 17.8 Å². The summed E-state index contributed by atoms with van der Waals surface area (Å²) in [7, 11) is 0. The van der Waals surface area contributed by atoms with Crippen molar-refractivity contribution in [2.24, 2.45) is 0 Å². The lowest BCUT2D eigenvalue weighted by Crippen LogP contribution is -2.23. The van der Waals surface area contributed by atoms with Crippen LogP contribution in [0.2, 0.25) is 0 Å². The first kappa shape index (κ1) is 19.8. The summed E-state index contributed by atoms with van der Waals surface area (Å²) < 4.78 is 7.32. The van der Waals surface area contributed by atoms with E-state index in [1.165, 1.54) is 5.56 Å². The average molecular weight is 403 g/mol. The molecule has 0 aliphatic heterocycles. The second-order valence-corrected chi connectivity index (χ2v) is 7.69. The summed E-state index contributed by atoms with van der Waals surface area (Å²) in [4.78, 5) is 21.1. The van der Waals surface area contributed by atoms with E-state index >= 15 is 0 Å². The van der Waals surface area contributed by atoms with E-state index in [4.69, 9.17) is 4.52 Å². The molecule has 1 aromatic carbocycles. The van der Waals surface area contributed by atoms with Gasteiger partial charge in [0.25, 0.3) is 0 Å². The number of amides is 1. The van der Waals surface area contributed by atoms with Crippen LogP contribution < -0.4 is 5.32 Å². The lowest BCUT2D eigenvalue weighted by molar-refractivity contribution is -0.121. The van der Waals surface area contributed by atoms with Gasteiger partial charge in [-0.15, -0.1) is 0 Å². The highest BCUT2D eigenvalue weighted by atomic mass is 16.5. The van der Waals surface area contributed by atoms with Crippen LogP contribution in [0.25, 0.3) is 17.0 Å². The predicted molar refractivity (Wildman–Crippen MR) is 114 cm³/mol. The molecule has 0 fully saturated rings. The number of benzene rings is 1. The fraction of sp³-hybridized carbons (Fsp3) is 0.304. The zero-order valence-corrected chi connectivity index (χ0v) is 17.4. The number of carbonyl (C=O) groups excluding carboxylic acids is 1. The highest BCUT2D eigenvalue weighted by Gasteiger charge is 2.12. The molecule has 7 nitrogen and oxygen atoms in total. The summed E-state index contributed by atoms with van der Waals surface area (Å²) >= 11 is 0. The van der Waals surface area contributed by atoms with Gasteiger partial charge in [0.1, 0.15) is 5.65 Å². The smallest absolute Gasteiger partial charge is 0.227 e. The maximum absolute atomic E-state index is 12.2. The predicted octanol–water partition coefficient (Wildman–Crippen LogP) is 4.07. The molecular formula is C23H25N5O2. The molecule has 0 aliphatic carbocycles. The average Bonchev–Trinajstić information content (AvgIpc) is 3.38. The van der Waals surface area contributed by atoms with E-state index in [1.54, 1.807) is 0 Å². The Morgan fingerprint density at radius 1 is 1.13 bits per heavy atom. The van der Waals surface area contributed by atoms with Gasteiger partial charge in [0.15, 0.2) is 0 Å². The van der Waals surface area contributed by atoms with Crippen molar-refractivity contribution in [2.75, 3.05) is 0 Å². The molecule has 154 valence electrons. The van der Waals surface area contributed by atoms with Gasteiger partial charge in [0, 0.05) is 30.3 Å². The topological polar surface area (TPSA) is 85.3 Å². The van der Waals surface area contributed by atoms with Gasteiger partial charge >= 0.3 is 0 Å². The van der Waals surface area contributed by atoms with E-state index in [2.05, 4.69) is 46.4 Å². The number of rotatable bonds is 7. The fourth-order valence-electron chi connectivity index (χ4n) is 3.27. The summed E-state index contributed by atoms with van der Waals surface area (Å²) in [6.07, 6.45) is 2.62. The molecule has 4 rings (SSSR count). The van der Waals surface area contributed by atoms with E-state index < -0.39 is 0 Å². The zero-order chi connectivity index (χ0) is 21.1. The van der Waals surface area contributed by atoms with E-state index in [-0.39, 0.29) is 12.3 Å². The first-order valence-corrected chi connectivity index (χ1v) is 10.1. The van der Waals surface area contributed by atoms with Crippen molar-refractivity contribution in [1.29, 1.82) is 0 Å². The van der Waals surface area contributed by atoms with Crippen LogP contribution in [-0.4, -0.2) is 25.4 Å². The van der Waals surface area contributed by atoms with Gasteiger partial charge in [-0.3, -0.25) is 4.79 Å². The van der Waals surface area contributed by atoms with Gasteiger partial charge < -0.3 is 14.2 Å². The largest absolute Gasteiger partial charge is 0.350 e. The molecule has 1 amide bonds. The van der Waals surface area contributed by atoms with Crippen LogP contribution in [0.15, 0.2) is 53.2 Å². The molecule has 30 heavy (non-hydrogen) atoms. The lowest BCUT2D eigenvalue weighted by atomic mass is 10.0. The normalized spacial score (nSPS) is 11.3. The van der Waals surface area contributed by atoms with Crippen LogP contribution in [0.5, 0.6) is 0 Å². The van der Waals surface area contributed by atoms with Crippen molar-refractivity contribution >= 4 is 11.6 Å². The maximum atomic E-state index is 12.2. The fourth-order valence-corrected chi connectivity index (χ4v) is 3.27. The molecule has 3 heterocycles. The number of aromatic nitrogens is 4. The molecule has 0 saturated carbocycles. The molecule has 0 atom stereocenters. The minimum absolute atomic E-state index is 0.0789. The summed E-state index contributed by atoms with van der Waals surface area (Å²) in [5.74, 6) is 1.39. The van der Waals surface area contributed by atoms with E-state index in [0.717, 1.165) is 22.6 Å². The number of pyridine rings is 1. The standard InChI is InChI=1S/C23H25N5O2/c1-15(2)17-7-9-18(10-8-17)23-26-22(30-27-23)12-11-21(29)24-13-19-14-28-16(3)5-4-6-20(28)25-19/h4-10,14-15H,11-13H2,1-3H3,(H,24,29). The van der Waals surface area contributed by atoms with Crippen molar-refractivity contribution in [3.05, 3.63) is 71.5 Å². The number of fused-ring (bicyclic) bond motifs is 1. The Labute approximate surface area is 175 Å². The Hall–Kier alpha value is -3.48. The number of hydrogen-bond donors (Lipinski definition) is 1. The van der Waals surface area contributed by atoms with Crippen molar-refractivity contribution < 1.29 is 9.32 Å². The number of imidazole rings is 1. The van der Waals surface area contributed by atoms with Crippen LogP contribution in [0.1, 0.15) is 49.0 Å². The van der Waals surface area contributed by atoms with Crippen molar-refractivity contribution in [2.45, 2.75) is 46.1 Å². The minimum Gasteiger partial charge on any atom is -0.350 e. The maximum Gasteiger partial charge on any atom is 0.227 e. The van der Waals surface area contributed by atoms with Crippen molar-refractivity contribution in [3.63, 3.8) is 0 Å². The first-order valence-electron chi connectivity index (χ1n) is 10.1. The molecule has 0 bridgehead atoms. The molecule has 0 radical (unpaired) electrons. The first-order chi connectivity index (χ1) is 14.5. The van der Waals surface area contributed by atoms with Crippen LogP contribution in [0, 0.1) is 6.92 Å². The van der Waals surface area contributed by atoms with Crippen LogP contribution in [0.4, 0.5) is 0 Å². The second-order valence-electron chi connectivity index (χ2n) is 7.69. The van der Waals surface area contributed by atoms with Gasteiger partial charge in [-0.1, -0.05) is 49.3 Å². The molecule has 4 aromatic rings. The lowest BCUT2D eigenvalue weighted by Gasteiger charge is -2.04. The Kier molecular flexibility index (Phi) is 5.61. The van der Waals surface area contributed by atoms with Crippen molar-refractivity contribution in [3.8, 4) is 11.4 Å². The minimum atomic E-state index is -0.0789. The van der Waals surface area contributed by atoms with E-state index in [0.29, 0.717) is 30.6 Å². The number of nitrogens with one attached hydrogen (secondary N) is 1. The summed E-state index contributed by atoms with van der Waals surface area (Å²) in [5, 5.41) is 6.93. The Morgan fingerprint density at radius 2 is 1.93 bits per heavy atom. The quantitative estimate of drug-likeness (QED) is 0.503. The van der Waals surface area contributed by atoms with Gasteiger partial charge in [-0.2, -0.15) is 4.98 Å². The Morgan fingerprint density at radius 3 is 2.67 bits per heavy atom. The third-order valence-corrected chi connectivity index (χ3v) is 5.08. The molecule has 0 saturated heterocycles. The van der Waals surface area contributed by atoms with Crippen molar-refractivity contribution in [1.82, 2.24) is 24.8 Å². The molecule has 1 N–H and O–H groups in total. The zero-order valence-electron chi connectivity index (χ0n) is 17.4. The SMILES string of the molecule is Cc1cccc2nc(CNC(=O)CCc3nc(-c4ccc(C(C)C)cc4)no3)cn12. The molecule has 0 spiro atoms. The summed E-state index contributed by atoms with van der Waals surface area (Å²) in [5.41, 5.74) is 4.96. The highest BCUT2D eigenvalue weighted by Crippen LogP contribution is 2.20. The number of hydrogen-bond acceptors (Lipinski definition) is 5. The Balaban J connectivity index is 1.30. The van der Waals surface area contributed by atoms with E-state index in [9.17, 15) is 4.79 Å². The summed E-state index contributed by atoms with van der Waals surface area (Å²) in [6.45, 7) is 6.72.